The van der Waals surface area contributed by atoms with Crippen LogP contribution in [0.2, 0.25) is 0 Å². The van der Waals surface area contributed by atoms with E-state index in [0.717, 1.165) is 16.7 Å². The number of hydrogen-bond acceptors (Lipinski definition) is 3. The summed E-state index contributed by atoms with van der Waals surface area (Å²) in [6.07, 6.45) is 5.00. The van der Waals surface area contributed by atoms with Crippen molar-refractivity contribution in [3.8, 4) is 6.07 Å². The number of rotatable bonds is 2. The van der Waals surface area contributed by atoms with Crippen LogP contribution < -0.4 is 5.32 Å². The fourth-order valence-corrected chi connectivity index (χ4v) is 3.02. The molecule has 0 spiro atoms. The summed E-state index contributed by atoms with van der Waals surface area (Å²) in [5.41, 5.74) is 1.58. The molecule has 0 aliphatic heterocycles. The molecular weight excluding hydrogens is 246 g/mol. The zero-order valence-electron chi connectivity index (χ0n) is 11.8. The van der Waals surface area contributed by atoms with Crippen molar-refractivity contribution < 1.29 is 0 Å². The topological polar surface area (TPSA) is 48.7 Å². The van der Waals surface area contributed by atoms with Gasteiger partial charge in [0.1, 0.15) is 11.9 Å². The number of fused-ring (bicyclic) bond motifs is 1. The van der Waals surface area contributed by atoms with E-state index in [1.807, 2.05) is 30.3 Å². The molecule has 2 unspecified atom stereocenters. The molecule has 1 aliphatic rings. The number of para-hydroxylation sites is 1. The third-order valence-corrected chi connectivity index (χ3v) is 4.28. The SMILES string of the molecule is CC1CCCCC1Nc1nc2ccccc2cc1C#N. The van der Waals surface area contributed by atoms with E-state index in [9.17, 15) is 5.26 Å². The van der Waals surface area contributed by atoms with E-state index in [2.05, 4.69) is 23.3 Å². The van der Waals surface area contributed by atoms with E-state index in [1.165, 1.54) is 25.7 Å². The third kappa shape index (κ3) is 2.46. The Hall–Kier alpha value is -2.08. The van der Waals surface area contributed by atoms with Gasteiger partial charge in [0.2, 0.25) is 0 Å². The van der Waals surface area contributed by atoms with Gasteiger partial charge < -0.3 is 5.32 Å². The number of anilines is 1. The van der Waals surface area contributed by atoms with Crippen LogP contribution in [-0.2, 0) is 0 Å². The minimum absolute atomic E-state index is 0.435. The van der Waals surface area contributed by atoms with Crippen LogP contribution in [0.4, 0.5) is 5.82 Å². The van der Waals surface area contributed by atoms with Crippen molar-refractivity contribution in [3.63, 3.8) is 0 Å². The Kier molecular flexibility index (Phi) is 3.56. The molecule has 3 heteroatoms. The lowest BCUT2D eigenvalue weighted by Gasteiger charge is -2.30. The van der Waals surface area contributed by atoms with Crippen LogP contribution in [0.15, 0.2) is 30.3 Å². The summed E-state index contributed by atoms with van der Waals surface area (Å²) in [5, 5.41) is 13.9. The van der Waals surface area contributed by atoms with Crippen LogP contribution >= 0.6 is 0 Å². The van der Waals surface area contributed by atoms with Gasteiger partial charge in [0, 0.05) is 11.4 Å². The van der Waals surface area contributed by atoms with Crippen molar-refractivity contribution in [1.82, 2.24) is 4.98 Å². The van der Waals surface area contributed by atoms with Crippen LogP contribution in [0.25, 0.3) is 10.9 Å². The number of pyridine rings is 1. The van der Waals surface area contributed by atoms with Gasteiger partial charge in [-0.25, -0.2) is 4.98 Å². The highest BCUT2D eigenvalue weighted by Crippen LogP contribution is 2.28. The molecule has 3 nitrogen and oxygen atoms in total. The van der Waals surface area contributed by atoms with E-state index < -0.39 is 0 Å². The maximum Gasteiger partial charge on any atom is 0.144 e. The summed E-state index contributed by atoms with van der Waals surface area (Å²) in [5.74, 6) is 1.38. The van der Waals surface area contributed by atoms with Crippen LogP contribution in [0.1, 0.15) is 38.2 Å². The van der Waals surface area contributed by atoms with Crippen LogP contribution in [0.3, 0.4) is 0 Å². The molecule has 0 amide bonds. The summed E-state index contributed by atoms with van der Waals surface area (Å²) >= 11 is 0. The van der Waals surface area contributed by atoms with E-state index >= 15 is 0 Å². The number of nitrogens with zero attached hydrogens (tertiary/aromatic N) is 2. The molecule has 1 heterocycles. The third-order valence-electron chi connectivity index (χ3n) is 4.28. The van der Waals surface area contributed by atoms with Gasteiger partial charge in [-0.15, -0.1) is 0 Å². The molecule has 102 valence electrons. The Morgan fingerprint density at radius 1 is 1.25 bits per heavy atom. The van der Waals surface area contributed by atoms with Crippen molar-refractivity contribution in [2.24, 2.45) is 5.92 Å². The molecule has 1 N–H and O–H groups in total. The Balaban J connectivity index is 1.95. The van der Waals surface area contributed by atoms with Crippen molar-refractivity contribution in [2.45, 2.75) is 38.6 Å². The molecule has 0 saturated heterocycles. The first-order chi connectivity index (χ1) is 9.78. The average molecular weight is 265 g/mol. The molecule has 20 heavy (non-hydrogen) atoms. The largest absolute Gasteiger partial charge is 0.366 e. The zero-order chi connectivity index (χ0) is 13.9. The Morgan fingerprint density at radius 2 is 2.05 bits per heavy atom. The number of hydrogen-bond donors (Lipinski definition) is 1. The van der Waals surface area contributed by atoms with Gasteiger partial charge in [-0.3, -0.25) is 0 Å². The second kappa shape index (κ2) is 5.50. The second-order valence-corrected chi connectivity index (χ2v) is 5.70. The highest BCUT2D eigenvalue weighted by Gasteiger charge is 2.22. The van der Waals surface area contributed by atoms with Crippen molar-refractivity contribution >= 4 is 16.7 Å². The highest BCUT2D eigenvalue weighted by molar-refractivity contribution is 5.82. The fraction of sp³-hybridized carbons (Fsp3) is 0.412. The smallest absolute Gasteiger partial charge is 0.144 e. The number of benzene rings is 1. The molecule has 0 radical (unpaired) electrons. The van der Waals surface area contributed by atoms with Crippen molar-refractivity contribution in [2.75, 3.05) is 5.32 Å². The molecular formula is C17H19N3. The first kappa shape index (κ1) is 12.9. The monoisotopic (exact) mass is 265 g/mol. The maximum atomic E-state index is 9.34. The van der Waals surface area contributed by atoms with Gasteiger partial charge in [-0.2, -0.15) is 5.26 Å². The van der Waals surface area contributed by atoms with Crippen molar-refractivity contribution in [1.29, 1.82) is 5.26 Å². The number of nitrogens with one attached hydrogen (secondary N) is 1. The normalized spacial score (nSPS) is 22.4. The molecule has 1 saturated carbocycles. The van der Waals surface area contributed by atoms with Gasteiger partial charge in [0.25, 0.3) is 0 Å². The minimum Gasteiger partial charge on any atom is -0.366 e. The summed E-state index contributed by atoms with van der Waals surface area (Å²) in [4.78, 5) is 4.64. The van der Waals surface area contributed by atoms with Crippen molar-refractivity contribution in [3.05, 3.63) is 35.9 Å². The summed E-state index contributed by atoms with van der Waals surface area (Å²) in [7, 11) is 0. The Morgan fingerprint density at radius 3 is 2.85 bits per heavy atom. The number of nitriles is 1. The fourth-order valence-electron chi connectivity index (χ4n) is 3.02. The van der Waals surface area contributed by atoms with Gasteiger partial charge in [0.15, 0.2) is 0 Å². The van der Waals surface area contributed by atoms with Gasteiger partial charge in [0.05, 0.1) is 11.1 Å². The Labute approximate surface area is 119 Å². The van der Waals surface area contributed by atoms with Crippen LogP contribution in [0.5, 0.6) is 0 Å². The molecule has 1 fully saturated rings. The van der Waals surface area contributed by atoms with Gasteiger partial charge >= 0.3 is 0 Å². The zero-order valence-corrected chi connectivity index (χ0v) is 11.8. The second-order valence-electron chi connectivity index (χ2n) is 5.70. The molecule has 3 rings (SSSR count). The predicted octanol–water partition coefficient (Wildman–Crippen LogP) is 4.10. The number of aromatic nitrogens is 1. The molecule has 1 aliphatic carbocycles. The lowest BCUT2D eigenvalue weighted by molar-refractivity contribution is 0.349. The quantitative estimate of drug-likeness (QED) is 0.889. The van der Waals surface area contributed by atoms with E-state index in [1.54, 1.807) is 0 Å². The van der Waals surface area contributed by atoms with Gasteiger partial charge in [-0.1, -0.05) is 38.0 Å². The summed E-state index contributed by atoms with van der Waals surface area (Å²) in [6.45, 7) is 2.28. The molecule has 2 aromatic rings. The summed E-state index contributed by atoms with van der Waals surface area (Å²) in [6, 6.07) is 12.6. The maximum absolute atomic E-state index is 9.34. The van der Waals surface area contributed by atoms with Crippen LogP contribution in [-0.4, -0.2) is 11.0 Å². The Bertz CT molecular complexity index is 657. The highest BCUT2D eigenvalue weighted by atomic mass is 15.0. The van der Waals surface area contributed by atoms with Crippen LogP contribution in [0, 0.1) is 17.2 Å². The lowest BCUT2D eigenvalue weighted by Crippen LogP contribution is -2.31. The predicted molar refractivity (Wildman–Crippen MR) is 81.5 cm³/mol. The van der Waals surface area contributed by atoms with E-state index in [0.29, 0.717) is 17.5 Å². The average Bonchev–Trinajstić information content (AvgIpc) is 2.49. The first-order valence-corrected chi connectivity index (χ1v) is 7.34. The lowest BCUT2D eigenvalue weighted by atomic mass is 9.86. The van der Waals surface area contributed by atoms with E-state index in [-0.39, 0.29) is 0 Å². The van der Waals surface area contributed by atoms with E-state index in [4.69, 9.17) is 0 Å². The molecule has 2 atom stereocenters. The first-order valence-electron chi connectivity index (χ1n) is 7.34. The molecule has 1 aromatic heterocycles. The molecule has 1 aromatic carbocycles. The minimum atomic E-state index is 0.435. The standard InChI is InChI=1S/C17H19N3/c1-12-6-2-4-8-15(12)19-17-14(11-18)10-13-7-3-5-9-16(13)20-17/h3,5,7,9-10,12,15H,2,4,6,8H2,1H3,(H,19,20). The summed E-state index contributed by atoms with van der Waals surface area (Å²) < 4.78 is 0. The molecule has 0 bridgehead atoms. The van der Waals surface area contributed by atoms with Gasteiger partial charge in [-0.05, 0) is 30.9 Å².